The molecule has 0 spiro atoms. The molecule has 1 aromatic rings. The quantitative estimate of drug-likeness (QED) is 0.585. The van der Waals surface area contributed by atoms with E-state index in [1.54, 1.807) is 58.0 Å². The highest BCUT2D eigenvalue weighted by atomic mass is 19.3. The molecule has 0 fully saturated rings. The summed E-state index contributed by atoms with van der Waals surface area (Å²) in [4.78, 5) is 23.3. The van der Waals surface area contributed by atoms with Crippen molar-refractivity contribution in [1.29, 1.82) is 0 Å². The van der Waals surface area contributed by atoms with E-state index in [0.717, 1.165) is 0 Å². The van der Waals surface area contributed by atoms with Gasteiger partial charge in [-0.1, -0.05) is 30.3 Å². The van der Waals surface area contributed by atoms with E-state index in [9.17, 15) is 18.4 Å². The molecular weight excluding hydrogens is 344 g/mol. The maximum Gasteiger partial charge on any atom is 0.408 e. The maximum atomic E-state index is 14.6. The van der Waals surface area contributed by atoms with E-state index < -0.39 is 29.6 Å². The fraction of sp³-hybridized carbons (Fsp3) is 0.474. The Morgan fingerprint density at radius 1 is 1.19 bits per heavy atom. The topological polar surface area (TPSA) is 64.6 Å². The van der Waals surface area contributed by atoms with Gasteiger partial charge < -0.3 is 14.8 Å². The van der Waals surface area contributed by atoms with Gasteiger partial charge in [0.05, 0.1) is 6.61 Å². The number of hydrogen-bond donors (Lipinski definition) is 1. The SMILES string of the molecule is CCOC(=O)/C=C/C(F)(F)C(Cc1ccccc1)NC(=O)OC(C)(C)C. The van der Waals surface area contributed by atoms with Gasteiger partial charge in [0.2, 0.25) is 0 Å². The van der Waals surface area contributed by atoms with Crippen molar-refractivity contribution in [1.82, 2.24) is 5.32 Å². The van der Waals surface area contributed by atoms with E-state index in [4.69, 9.17) is 4.74 Å². The molecule has 1 rings (SSSR count). The van der Waals surface area contributed by atoms with Crippen LogP contribution in [0.1, 0.15) is 33.3 Å². The lowest BCUT2D eigenvalue weighted by atomic mass is 10.00. The Bertz CT molecular complexity index is 624. The molecule has 1 N–H and O–H groups in total. The summed E-state index contributed by atoms with van der Waals surface area (Å²) in [7, 11) is 0. The van der Waals surface area contributed by atoms with Gasteiger partial charge in [-0.05, 0) is 45.8 Å². The number of benzene rings is 1. The summed E-state index contributed by atoms with van der Waals surface area (Å²) in [5.41, 5.74) is -0.213. The summed E-state index contributed by atoms with van der Waals surface area (Å²) in [5, 5.41) is 2.20. The lowest BCUT2D eigenvalue weighted by molar-refractivity contribution is -0.137. The molecule has 26 heavy (non-hydrogen) atoms. The zero-order valence-corrected chi connectivity index (χ0v) is 15.4. The largest absolute Gasteiger partial charge is 0.463 e. The van der Waals surface area contributed by atoms with E-state index in [0.29, 0.717) is 17.7 Å². The van der Waals surface area contributed by atoms with Crippen molar-refractivity contribution in [2.75, 3.05) is 6.61 Å². The highest BCUT2D eigenvalue weighted by Crippen LogP contribution is 2.24. The van der Waals surface area contributed by atoms with Crippen LogP contribution in [0.3, 0.4) is 0 Å². The highest BCUT2D eigenvalue weighted by Gasteiger charge is 2.39. The minimum absolute atomic E-state index is 0.0817. The second-order valence-corrected chi connectivity index (χ2v) is 6.65. The lowest BCUT2D eigenvalue weighted by Gasteiger charge is -2.27. The van der Waals surface area contributed by atoms with E-state index in [2.05, 4.69) is 10.1 Å². The minimum Gasteiger partial charge on any atom is -0.463 e. The van der Waals surface area contributed by atoms with Gasteiger partial charge in [-0.3, -0.25) is 0 Å². The Hall–Kier alpha value is -2.44. The third-order valence-electron chi connectivity index (χ3n) is 3.17. The van der Waals surface area contributed by atoms with Gasteiger partial charge in [-0.15, -0.1) is 0 Å². The molecule has 0 aliphatic carbocycles. The van der Waals surface area contributed by atoms with Crippen LogP contribution in [-0.4, -0.2) is 36.2 Å². The third kappa shape index (κ3) is 8.09. The molecule has 0 heterocycles. The van der Waals surface area contributed by atoms with Gasteiger partial charge >= 0.3 is 12.1 Å². The number of esters is 1. The van der Waals surface area contributed by atoms with Crippen LogP contribution in [0.4, 0.5) is 13.6 Å². The molecule has 5 nitrogen and oxygen atoms in total. The smallest absolute Gasteiger partial charge is 0.408 e. The third-order valence-corrected chi connectivity index (χ3v) is 3.17. The molecule has 0 bridgehead atoms. The molecule has 1 atom stereocenters. The van der Waals surface area contributed by atoms with Crippen molar-refractivity contribution in [3.05, 3.63) is 48.0 Å². The van der Waals surface area contributed by atoms with Crippen LogP contribution < -0.4 is 5.32 Å². The van der Waals surface area contributed by atoms with Crippen molar-refractivity contribution >= 4 is 12.1 Å². The molecule has 0 radical (unpaired) electrons. The summed E-state index contributed by atoms with van der Waals surface area (Å²) in [6.45, 7) is 6.57. The normalized spacial score (nSPS) is 13.3. The van der Waals surface area contributed by atoms with Gasteiger partial charge in [-0.25, -0.2) is 9.59 Å². The molecule has 0 aliphatic rings. The average Bonchev–Trinajstić information content (AvgIpc) is 2.52. The van der Waals surface area contributed by atoms with E-state index in [1.807, 2.05) is 0 Å². The average molecular weight is 369 g/mol. The Kier molecular flexibility index (Phi) is 7.74. The molecule has 0 aliphatic heterocycles. The van der Waals surface area contributed by atoms with Crippen molar-refractivity contribution < 1.29 is 27.8 Å². The van der Waals surface area contributed by atoms with Gasteiger partial charge in [0.25, 0.3) is 5.92 Å². The molecule has 144 valence electrons. The molecule has 7 heteroatoms. The second kappa shape index (κ2) is 9.31. The number of halogens is 2. The van der Waals surface area contributed by atoms with Gasteiger partial charge in [-0.2, -0.15) is 8.78 Å². The predicted molar refractivity (Wildman–Crippen MR) is 94.0 cm³/mol. The fourth-order valence-corrected chi connectivity index (χ4v) is 2.07. The number of hydrogen-bond acceptors (Lipinski definition) is 4. The van der Waals surface area contributed by atoms with Crippen LogP contribution >= 0.6 is 0 Å². The van der Waals surface area contributed by atoms with Crippen LogP contribution in [-0.2, 0) is 20.7 Å². The van der Waals surface area contributed by atoms with E-state index in [-0.39, 0.29) is 13.0 Å². The number of ether oxygens (including phenoxy) is 2. The Morgan fingerprint density at radius 3 is 2.35 bits per heavy atom. The van der Waals surface area contributed by atoms with Crippen molar-refractivity contribution in [2.45, 2.75) is 51.7 Å². The Morgan fingerprint density at radius 2 is 1.81 bits per heavy atom. The monoisotopic (exact) mass is 369 g/mol. The molecule has 0 aromatic heterocycles. The van der Waals surface area contributed by atoms with Crippen LogP contribution in [0.2, 0.25) is 0 Å². The standard InChI is InChI=1S/C19H25F2NO4/c1-5-25-16(23)11-12-19(20,21)15(13-14-9-7-6-8-10-14)22-17(24)26-18(2,3)4/h6-12,15H,5,13H2,1-4H3,(H,22,24)/b12-11+. The molecule has 1 aromatic carbocycles. The number of amides is 1. The summed E-state index contributed by atoms with van der Waals surface area (Å²) in [6, 6.07) is 6.95. The summed E-state index contributed by atoms with van der Waals surface area (Å²) in [5.74, 6) is -4.36. The van der Waals surface area contributed by atoms with E-state index in [1.165, 1.54) is 0 Å². The first-order valence-corrected chi connectivity index (χ1v) is 8.30. The molecule has 1 amide bonds. The number of nitrogens with one attached hydrogen (secondary N) is 1. The molecule has 1 unspecified atom stereocenters. The maximum absolute atomic E-state index is 14.6. The molecular formula is C19H25F2NO4. The number of rotatable bonds is 7. The summed E-state index contributed by atoms with van der Waals surface area (Å²) < 4.78 is 38.9. The second-order valence-electron chi connectivity index (χ2n) is 6.65. The van der Waals surface area contributed by atoms with Crippen LogP contribution in [0, 0.1) is 0 Å². The Balaban J connectivity index is 2.97. The minimum atomic E-state index is -3.49. The van der Waals surface area contributed by atoms with Crippen LogP contribution in [0.5, 0.6) is 0 Å². The summed E-state index contributed by atoms with van der Waals surface area (Å²) >= 11 is 0. The first kappa shape index (κ1) is 21.6. The van der Waals surface area contributed by atoms with Gasteiger partial charge in [0.1, 0.15) is 11.6 Å². The predicted octanol–water partition coefficient (Wildman–Crippen LogP) is 3.88. The van der Waals surface area contributed by atoms with Crippen LogP contribution in [0.15, 0.2) is 42.5 Å². The molecule has 0 saturated heterocycles. The highest BCUT2D eigenvalue weighted by molar-refractivity contribution is 5.82. The van der Waals surface area contributed by atoms with Crippen molar-refractivity contribution in [2.24, 2.45) is 0 Å². The number of carbonyl (C=O) groups is 2. The molecule has 0 saturated carbocycles. The number of alkyl carbamates (subject to hydrolysis) is 1. The van der Waals surface area contributed by atoms with Crippen molar-refractivity contribution in [3.8, 4) is 0 Å². The summed E-state index contributed by atoms with van der Waals surface area (Å²) in [6.07, 6.45) is 0.0109. The van der Waals surface area contributed by atoms with Gasteiger partial charge in [0.15, 0.2) is 0 Å². The zero-order chi connectivity index (χ0) is 19.8. The fourth-order valence-electron chi connectivity index (χ4n) is 2.07. The number of alkyl halides is 2. The lowest BCUT2D eigenvalue weighted by Crippen LogP contribution is -2.49. The van der Waals surface area contributed by atoms with Crippen molar-refractivity contribution in [3.63, 3.8) is 0 Å². The van der Waals surface area contributed by atoms with E-state index >= 15 is 0 Å². The zero-order valence-electron chi connectivity index (χ0n) is 15.4. The first-order valence-electron chi connectivity index (χ1n) is 8.30. The number of carbonyl (C=O) groups excluding carboxylic acids is 2. The Labute approximate surface area is 152 Å². The van der Waals surface area contributed by atoms with Gasteiger partial charge in [0, 0.05) is 6.08 Å². The first-order chi connectivity index (χ1) is 12.0. The van der Waals surface area contributed by atoms with Crippen LogP contribution in [0.25, 0.3) is 0 Å².